The molecule has 14 heteroatoms. The number of hydrogen-bond acceptors (Lipinski definition) is 7. The second-order valence-corrected chi connectivity index (χ2v) is 10.5. The van der Waals surface area contributed by atoms with E-state index >= 15 is 0 Å². The van der Waals surface area contributed by atoms with Crippen LogP contribution in [-0.4, -0.2) is 95.0 Å². The molecule has 0 unspecified atom stereocenters. The molecular formula is C28H31F5N4O5. The summed E-state index contributed by atoms with van der Waals surface area (Å²) >= 11 is 0. The van der Waals surface area contributed by atoms with Crippen LogP contribution in [0, 0.1) is 0 Å². The van der Waals surface area contributed by atoms with Crippen molar-refractivity contribution in [3.63, 3.8) is 0 Å². The minimum Gasteiger partial charge on any atom is -0.496 e. The first-order chi connectivity index (χ1) is 20.0. The number of piperidine rings is 1. The van der Waals surface area contributed by atoms with Gasteiger partial charge in [0.25, 0.3) is 5.91 Å². The van der Waals surface area contributed by atoms with Crippen LogP contribution in [0.2, 0.25) is 0 Å². The Morgan fingerprint density at radius 2 is 1.83 bits per heavy atom. The third-order valence-corrected chi connectivity index (χ3v) is 7.55. The van der Waals surface area contributed by atoms with Gasteiger partial charge in [0.05, 0.1) is 38.7 Å². The first-order valence-corrected chi connectivity index (χ1v) is 13.6. The van der Waals surface area contributed by atoms with Crippen LogP contribution in [0.5, 0.6) is 17.2 Å². The van der Waals surface area contributed by atoms with E-state index in [9.17, 15) is 31.9 Å². The quantitative estimate of drug-likeness (QED) is 0.269. The number of aromatic nitrogens is 2. The Labute approximate surface area is 238 Å². The maximum atomic E-state index is 13.4. The number of likely N-dealkylation sites (tertiary alicyclic amines) is 2. The number of hydrogen-bond donors (Lipinski definition) is 1. The van der Waals surface area contributed by atoms with Gasteiger partial charge in [0.2, 0.25) is 0 Å². The molecule has 42 heavy (non-hydrogen) atoms. The number of fused-ring (bicyclic) bond motifs is 1. The lowest BCUT2D eigenvalue weighted by Gasteiger charge is -2.46. The third kappa shape index (κ3) is 6.09. The molecule has 1 N–H and O–H groups in total. The van der Waals surface area contributed by atoms with Crippen LogP contribution < -0.4 is 14.2 Å². The zero-order valence-electron chi connectivity index (χ0n) is 22.9. The first kappa shape index (κ1) is 29.8. The van der Waals surface area contributed by atoms with Gasteiger partial charge in [-0.15, -0.1) is 0 Å². The number of carbonyl (C=O) groups excluding carboxylic acids is 1. The number of alkyl halides is 5. The molecule has 228 valence electrons. The van der Waals surface area contributed by atoms with Gasteiger partial charge >= 0.3 is 12.8 Å². The second kappa shape index (κ2) is 11.9. The summed E-state index contributed by atoms with van der Waals surface area (Å²) < 4.78 is 83.5. The van der Waals surface area contributed by atoms with Crippen molar-refractivity contribution < 1.29 is 46.1 Å². The number of aliphatic hydroxyl groups is 1. The molecule has 9 nitrogen and oxygen atoms in total. The molecule has 3 aromatic rings. The smallest absolute Gasteiger partial charge is 0.420 e. The van der Waals surface area contributed by atoms with Crippen LogP contribution >= 0.6 is 0 Å². The first-order valence-electron chi connectivity index (χ1n) is 13.6. The highest BCUT2D eigenvalue weighted by atomic mass is 19.4. The van der Waals surface area contributed by atoms with Crippen LogP contribution in [0.15, 0.2) is 36.7 Å². The van der Waals surface area contributed by atoms with Gasteiger partial charge in [-0.05, 0) is 50.6 Å². The second-order valence-electron chi connectivity index (χ2n) is 10.5. The number of nitrogens with zero attached hydrogens (tertiary/aromatic N) is 4. The van der Waals surface area contributed by atoms with Crippen LogP contribution in [0.3, 0.4) is 0 Å². The fraction of sp³-hybridized carbons (Fsp3) is 0.500. The molecule has 1 aromatic carbocycles. The minimum atomic E-state index is -4.96. The lowest BCUT2D eigenvalue weighted by Crippen LogP contribution is -2.70. The van der Waals surface area contributed by atoms with Gasteiger partial charge in [0, 0.05) is 24.4 Å². The Morgan fingerprint density at radius 3 is 2.50 bits per heavy atom. The van der Waals surface area contributed by atoms with Crippen molar-refractivity contribution >= 4 is 11.6 Å². The summed E-state index contributed by atoms with van der Waals surface area (Å²) in [5.74, 6) is -1.22. The summed E-state index contributed by atoms with van der Waals surface area (Å²) in [6.07, 6.45) is 2.86. The number of carbonyl (C=O) groups is 1. The Kier molecular flexibility index (Phi) is 8.46. The summed E-state index contributed by atoms with van der Waals surface area (Å²) in [5.41, 5.74) is -2.29. The summed E-state index contributed by atoms with van der Waals surface area (Å²) in [7, 11) is 1.19. The van der Waals surface area contributed by atoms with E-state index in [-0.39, 0.29) is 5.75 Å². The maximum absolute atomic E-state index is 13.4. The van der Waals surface area contributed by atoms with Crippen molar-refractivity contribution in [1.82, 2.24) is 19.2 Å². The topological polar surface area (TPSA) is 88.8 Å². The van der Waals surface area contributed by atoms with Gasteiger partial charge in [-0.2, -0.15) is 22.0 Å². The Hall–Kier alpha value is -3.65. The number of β-amino-alcohol motifs (C(OH)–C–C–N with tert-alkyl or cyclic N) is 1. The number of halogens is 5. The molecule has 2 aliphatic heterocycles. The van der Waals surface area contributed by atoms with Crippen molar-refractivity contribution in [3.05, 3.63) is 42.2 Å². The molecule has 0 spiro atoms. The summed E-state index contributed by atoms with van der Waals surface area (Å²) in [4.78, 5) is 20.6. The fourth-order valence-corrected chi connectivity index (χ4v) is 5.29. The molecule has 0 aliphatic carbocycles. The molecule has 1 amide bonds. The molecule has 2 saturated heterocycles. The third-order valence-electron chi connectivity index (χ3n) is 7.55. The normalized spacial score (nSPS) is 17.4. The van der Waals surface area contributed by atoms with E-state index in [0.717, 1.165) is 26.1 Å². The molecule has 4 heterocycles. The zero-order chi connectivity index (χ0) is 30.1. The summed E-state index contributed by atoms with van der Waals surface area (Å²) in [6, 6.07) is 6.04. The number of amides is 1. The van der Waals surface area contributed by atoms with E-state index in [0.29, 0.717) is 34.2 Å². The number of benzene rings is 1. The summed E-state index contributed by atoms with van der Waals surface area (Å²) in [6.45, 7) is -1.69. The van der Waals surface area contributed by atoms with Crippen molar-refractivity contribution in [2.24, 2.45) is 0 Å². The lowest BCUT2D eigenvalue weighted by molar-refractivity contribution is -0.294. The fourth-order valence-electron chi connectivity index (χ4n) is 5.29. The van der Waals surface area contributed by atoms with E-state index in [2.05, 4.69) is 14.6 Å². The number of imidazole rings is 1. The highest BCUT2D eigenvalue weighted by Crippen LogP contribution is 2.42. The van der Waals surface area contributed by atoms with Crippen molar-refractivity contribution in [3.8, 4) is 28.5 Å². The van der Waals surface area contributed by atoms with Crippen LogP contribution in [0.1, 0.15) is 36.0 Å². The molecule has 0 bridgehead atoms. The highest BCUT2D eigenvalue weighted by molar-refractivity contribution is 6.01. The minimum absolute atomic E-state index is 0.195. The standard InChI is InChI=1S/C28H31F5N4O5/c1-40-21-12-18(13-22(42-26(29)30)24(21)25(38)36-16-27(39,17-36)28(31,32)33)20-15-34-23-14-19(6-10-37(20)23)41-11-5-9-35-7-3-2-4-8-35/h6,10,12-15,26,39H,2-5,7-9,11,16-17H2,1H3. The molecule has 2 aromatic heterocycles. The summed E-state index contributed by atoms with van der Waals surface area (Å²) in [5, 5.41) is 9.74. The van der Waals surface area contributed by atoms with Gasteiger partial charge in [0.1, 0.15) is 28.5 Å². The van der Waals surface area contributed by atoms with Gasteiger partial charge in [-0.3, -0.25) is 9.20 Å². The SMILES string of the molecule is COc1cc(-c2cnc3cc(OCCCN4CCCCC4)ccn23)cc(OC(F)F)c1C(=O)N1CC(O)(C(F)(F)F)C1. The van der Waals surface area contributed by atoms with Gasteiger partial charge in [-0.1, -0.05) is 6.42 Å². The van der Waals surface area contributed by atoms with E-state index in [1.54, 1.807) is 22.7 Å². The molecule has 0 radical (unpaired) electrons. The van der Waals surface area contributed by atoms with Crippen molar-refractivity contribution in [2.75, 3.05) is 46.4 Å². The van der Waals surface area contributed by atoms with Gasteiger partial charge < -0.3 is 29.1 Å². The van der Waals surface area contributed by atoms with Gasteiger partial charge in [0.15, 0.2) is 5.60 Å². The van der Waals surface area contributed by atoms with Crippen molar-refractivity contribution in [1.29, 1.82) is 0 Å². The van der Waals surface area contributed by atoms with Crippen LogP contribution in [0.4, 0.5) is 22.0 Å². The molecule has 0 saturated carbocycles. The van der Waals surface area contributed by atoms with Crippen LogP contribution in [0.25, 0.3) is 16.9 Å². The van der Waals surface area contributed by atoms with E-state index < -0.39 is 48.7 Å². The van der Waals surface area contributed by atoms with Gasteiger partial charge in [-0.25, -0.2) is 4.98 Å². The molecule has 2 fully saturated rings. The average Bonchev–Trinajstić information content (AvgIpc) is 3.36. The number of pyridine rings is 1. The zero-order valence-corrected chi connectivity index (χ0v) is 22.9. The Balaban J connectivity index is 1.36. The number of rotatable bonds is 10. The lowest BCUT2D eigenvalue weighted by atomic mass is 9.92. The Bertz CT molecular complexity index is 1420. The van der Waals surface area contributed by atoms with E-state index in [1.807, 2.05) is 0 Å². The van der Waals surface area contributed by atoms with Crippen molar-refractivity contribution in [2.45, 2.75) is 44.1 Å². The predicted molar refractivity (Wildman–Crippen MR) is 141 cm³/mol. The molecule has 5 rings (SSSR count). The Morgan fingerprint density at radius 1 is 1.12 bits per heavy atom. The maximum Gasteiger partial charge on any atom is 0.420 e. The number of methoxy groups -OCH3 is 1. The highest BCUT2D eigenvalue weighted by Gasteiger charge is 2.62. The molecular weight excluding hydrogens is 567 g/mol. The number of ether oxygens (including phenoxy) is 3. The van der Waals surface area contributed by atoms with E-state index in [4.69, 9.17) is 9.47 Å². The molecule has 2 aliphatic rings. The average molecular weight is 599 g/mol. The van der Waals surface area contributed by atoms with Crippen LogP contribution in [-0.2, 0) is 0 Å². The molecule has 0 atom stereocenters. The monoisotopic (exact) mass is 598 g/mol. The largest absolute Gasteiger partial charge is 0.496 e. The van der Waals surface area contributed by atoms with E-state index in [1.165, 1.54) is 44.7 Å². The predicted octanol–water partition coefficient (Wildman–Crippen LogP) is 4.62.